The molecule has 2 aliphatic heterocycles. The SMILES string of the molecule is COc1cc(C2c3c(C)nn(-c4ccccc4)c3N=C3C(Nc4ccccc4)=Nc4ccccc4N32)cc(OC)c1OC. The van der Waals surface area contributed by atoms with Crippen LogP contribution in [0.25, 0.3) is 5.69 Å². The molecule has 7 rings (SSSR count). The molecule has 0 bridgehead atoms. The van der Waals surface area contributed by atoms with Gasteiger partial charge in [0, 0.05) is 11.3 Å². The number of methoxy groups -OCH3 is 3. The van der Waals surface area contributed by atoms with Gasteiger partial charge < -0.3 is 24.4 Å². The Morgan fingerprint density at radius 1 is 0.744 bits per heavy atom. The topological polar surface area (TPSA) is 85.5 Å². The molecule has 1 unspecified atom stereocenters. The van der Waals surface area contributed by atoms with E-state index in [-0.39, 0.29) is 6.04 Å². The zero-order valence-corrected chi connectivity index (χ0v) is 24.3. The van der Waals surface area contributed by atoms with Gasteiger partial charge in [-0.1, -0.05) is 48.5 Å². The van der Waals surface area contributed by atoms with Crippen LogP contribution in [-0.2, 0) is 0 Å². The van der Waals surface area contributed by atoms with Crippen molar-refractivity contribution >= 4 is 34.6 Å². The molecular formula is C34H30N6O3. The van der Waals surface area contributed by atoms with Crippen LogP contribution in [0.5, 0.6) is 17.2 Å². The minimum Gasteiger partial charge on any atom is -0.493 e. The predicted molar refractivity (Wildman–Crippen MR) is 169 cm³/mol. The summed E-state index contributed by atoms with van der Waals surface area (Å²) in [5.74, 6) is 3.70. The second kappa shape index (κ2) is 10.7. The first kappa shape index (κ1) is 26.3. The van der Waals surface area contributed by atoms with Crippen molar-refractivity contribution in [2.24, 2.45) is 9.98 Å². The summed E-state index contributed by atoms with van der Waals surface area (Å²) in [5.41, 5.74) is 6.33. The molecule has 9 heteroatoms. The van der Waals surface area contributed by atoms with E-state index in [1.807, 2.05) is 103 Å². The number of para-hydroxylation sites is 4. The van der Waals surface area contributed by atoms with Crippen molar-refractivity contribution in [1.29, 1.82) is 0 Å². The van der Waals surface area contributed by atoms with E-state index in [0.717, 1.165) is 45.4 Å². The maximum Gasteiger partial charge on any atom is 0.203 e. The van der Waals surface area contributed by atoms with Crippen LogP contribution in [0.15, 0.2) is 107 Å². The lowest BCUT2D eigenvalue weighted by atomic mass is 9.92. The van der Waals surface area contributed by atoms with Gasteiger partial charge in [-0.15, -0.1) is 0 Å². The number of nitrogens with zero attached hydrogens (tertiary/aromatic N) is 5. The van der Waals surface area contributed by atoms with Crippen LogP contribution < -0.4 is 24.4 Å². The van der Waals surface area contributed by atoms with Gasteiger partial charge in [0.1, 0.15) is 0 Å². The van der Waals surface area contributed by atoms with E-state index >= 15 is 0 Å². The van der Waals surface area contributed by atoms with E-state index in [1.165, 1.54) is 0 Å². The fourth-order valence-electron chi connectivity index (χ4n) is 5.78. The van der Waals surface area contributed by atoms with Crippen LogP contribution in [0.3, 0.4) is 0 Å². The number of aliphatic imine (C=N–C) groups is 2. The Kier molecular flexibility index (Phi) is 6.54. The van der Waals surface area contributed by atoms with Crippen molar-refractivity contribution in [2.75, 3.05) is 31.5 Å². The smallest absolute Gasteiger partial charge is 0.203 e. The van der Waals surface area contributed by atoms with Crippen LogP contribution in [0, 0.1) is 6.92 Å². The summed E-state index contributed by atoms with van der Waals surface area (Å²) < 4.78 is 19.2. The van der Waals surface area contributed by atoms with E-state index < -0.39 is 0 Å². The standard InChI is InChI=1S/C34H30N6O3/c1-21-29-30(22-19-27(41-2)31(43-4)28(20-22)42-3)39-26-18-12-11-17-25(26)36-32(35-23-13-7-5-8-14-23)34(39)37-33(29)40(38-21)24-15-9-6-10-16-24/h5-20,30H,1-4H3,(H,35,36). The van der Waals surface area contributed by atoms with E-state index in [4.69, 9.17) is 29.3 Å². The number of anilines is 2. The first-order chi connectivity index (χ1) is 21.1. The summed E-state index contributed by atoms with van der Waals surface area (Å²) in [5, 5.41) is 8.55. The highest BCUT2D eigenvalue weighted by molar-refractivity contribution is 6.51. The lowest BCUT2D eigenvalue weighted by Crippen LogP contribution is -2.46. The molecule has 2 aliphatic rings. The lowest BCUT2D eigenvalue weighted by Gasteiger charge is -2.40. The third-order valence-corrected chi connectivity index (χ3v) is 7.68. The normalized spacial score (nSPS) is 15.0. The second-order valence-electron chi connectivity index (χ2n) is 10.2. The largest absolute Gasteiger partial charge is 0.493 e. The average Bonchev–Trinajstić information content (AvgIpc) is 3.39. The maximum absolute atomic E-state index is 5.80. The van der Waals surface area contributed by atoms with E-state index in [0.29, 0.717) is 28.9 Å². The Bertz CT molecular complexity index is 1860. The minimum atomic E-state index is -0.349. The highest BCUT2D eigenvalue weighted by atomic mass is 16.5. The molecule has 0 spiro atoms. The van der Waals surface area contributed by atoms with Crippen molar-refractivity contribution in [3.63, 3.8) is 0 Å². The summed E-state index contributed by atoms with van der Waals surface area (Å²) in [4.78, 5) is 12.6. The fraction of sp³-hybridized carbons (Fsp3) is 0.147. The molecule has 3 heterocycles. The minimum absolute atomic E-state index is 0.349. The molecule has 0 aliphatic carbocycles. The Hall–Kier alpha value is -5.57. The first-order valence-electron chi connectivity index (χ1n) is 13.9. The molecule has 1 aromatic heterocycles. The van der Waals surface area contributed by atoms with Crippen LogP contribution in [-0.4, -0.2) is 42.8 Å². The number of aromatic nitrogens is 2. The summed E-state index contributed by atoms with van der Waals surface area (Å²) >= 11 is 0. The molecule has 4 aromatic carbocycles. The van der Waals surface area contributed by atoms with Crippen molar-refractivity contribution in [2.45, 2.75) is 13.0 Å². The van der Waals surface area contributed by atoms with Gasteiger partial charge in [-0.25, -0.2) is 14.7 Å². The number of benzene rings is 4. The molecule has 1 N–H and O–H groups in total. The van der Waals surface area contributed by atoms with Crippen LogP contribution in [0.2, 0.25) is 0 Å². The number of ether oxygens (including phenoxy) is 3. The van der Waals surface area contributed by atoms with Gasteiger partial charge in [0.25, 0.3) is 0 Å². The zero-order valence-electron chi connectivity index (χ0n) is 24.3. The molecule has 0 saturated carbocycles. The zero-order chi connectivity index (χ0) is 29.5. The van der Waals surface area contributed by atoms with E-state index in [9.17, 15) is 0 Å². The number of rotatable bonds is 6. The van der Waals surface area contributed by atoms with Gasteiger partial charge >= 0.3 is 0 Å². The molecule has 0 radical (unpaired) electrons. The number of nitrogens with one attached hydrogen (secondary N) is 1. The van der Waals surface area contributed by atoms with E-state index in [2.05, 4.69) is 16.3 Å². The number of hydrogen-bond acceptors (Lipinski definition) is 8. The summed E-state index contributed by atoms with van der Waals surface area (Å²) in [6, 6.07) is 31.8. The Morgan fingerprint density at radius 2 is 1.40 bits per heavy atom. The Morgan fingerprint density at radius 3 is 2.07 bits per heavy atom. The maximum atomic E-state index is 5.80. The Labute approximate surface area is 249 Å². The molecule has 0 amide bonds. The molecule has 5 aromatic rings. The summed E-state index contributed by atoms with van der Waals surface area (Å²) in [6.07, 6.45) is 0. The van der Waals surface area contributed by atoms with Gasteiger partial charge in [-0.05, 0) is 61.0 Å². The molecule has 1 atom stereocenters. The molecule has 214 valence electrons. The second-order valence-corrected chi connectivity index (χ2v) is 10.2. The van der Waals surface area contributed by atoms with Crippen molar-refractivity contribution in [3.8, 4) is 22.9 Å². The molecular weight excluding hydrogens is 540 g/mol. The number of aryl methyl sites for hydroxylation is 1. The van der Waals surface area contributed by atoms with Gasteiger partial charge in [0.15, 0.2) is 29.0 Å². The van der Waals surface area contributed by atoms with Crippen LogP contribution >= 0.6 is 0 Å². The highest BCUT2D eigenvalue weighted by Gasteiger charge is 2.42. The molecule has 0 fully saturated rings. The fourth-order valence-corrected chi connectivity index (χ4v) is 5.78. The van der Waals surface area contributed by atoms with Gasteiger partial charge in [-0.3, -0.25) is 0 Å². The van der Waals surface area contributed by atoms with Gasteiger partial charge in [0.05, 0.1) is 50.1 Å². The summed E-state index contributed by atoms with van der Waals surface area (Å²) in [6.45, 7) is 2.02. The lowest BCUT2D eigenvalue weighted by molar-refractivity contribution is 0.323. The van der Waals surface area contributed by atoms with Crippen molar-refractivity contribution in [3.05, 3.63) is 114 Å². The van der Waals surface area contributed by atoms with Crippen LogP contribution in [0.1, 0.15) is 22.9 Å². The molecule has 0 saturated heterocycles. The Balaban J connectivity index is 1.53. The molecule has 9 nitrogen and oxygen atoms in total. The predicted octanol–water partition coefficient (Wildman–Crippen LogP) is 7.00. The summed E-state index contributed by atoms with van der Waals surface area (Å²) in [7, 11) is 4.86. The van der Waals surface area contributed by atoms with Gasteiger partial charge in [-0.2, -0.15) is 5.10 Å². The monoisotopic (exact) mass is 570 g/mol. The van der Waals surface area contributed by atoms with E-state index in [1.54, 1.807) is 21.3 Å². The number of fused-ring (bicyclic) bond motifs is 4. The number of hydrogen-bond donors (Lipinski definition) is 1. The van der Waals surface area contributed by atoms with Crippen molar-refractivity contribution < 1.29 is 14.2 Å². The third kappa shape index (κ3) is 4.37. The number of amidine groups is 2. The first-order valence-corrected chi connectivity index (χ1v) is 13.9. The highest BCUT2D eigenvalue weighted by Crippen LogP contribution is 2.50. The third-order valence-electron chi connectivity index (χ3n) is 7.68. The van der Waals surface area contributed by atoms with Crippen molar-refractivity contribution in [1.82, 2.24) is 9.78 Å². The average molecular weight is 571 g/mol. The van der Waals surface area contributed by atoms with Crippen LogP contribution in [0.4, 0.5) is 22.9 Å². The molecule has 43 heavy (non-hydrogen) atoms. The van der Waals surface area contributed by atoms with Gasteiger partial charge in [0.2, 0.25) is 5.75 Å². The quantitative estimate of drug-likeness (QED) is 0.237.